The Kier molecular flexibility index (Phi) is 4.55. The summed E-state index contributed by atoms with van der Waals surface area (Å²) >= 11 is 5.94. The molecule has 0 bridgehead atoms. The summed E-state index contributed by atoms with van der Waals surface area (Å²) in [5.74, 6) is 0.0134. The lowest BCUT2D eigenvalue weighted by molar-refractivity contribution is 0.0741. The molecule has 1 aromatic heterocycles. The second-order valence-electron chi connectivity index (χ2n) is 4.28. The molecule has 0 N–H and O–H groups in total. The summed E-state index contributed by atoms with van der Waals surface area (Å²) in [5.41, 5.74) is 1.46. The van der Waals surface area contributed by atoms with E-state index < -0.39 is 0 Å². The van der Waals surface area contributed by atoms with E-state index >= 15 is 0 Å². The second kappa shape index (κ2) is 6.16. The average Bonchev–Trinajstić information content (AvgIpc) is 2.65. The lowest BCUT2D eigenvalue weighted by Gasteiger charge is -2.19. The van der Waals surface area contributed by atoms with E-state index in [9.17, 15) is 4.79 Å². The molecule has 1 saturated heterocycles. The summed E-state index contributed by atoms with van der Waals surface area (Å²) in [5, 5.41) is 0.378. The Morgan fingerprint density at radius 3 is 3.06 bits per heavy atom. The molecule has 98 valence electrons. The van der Waals surface area contributed by atoms with Crippen LogP contribution in [0, 0.1) is 0 Å². The number of rotatable bonds is 2. The molecule has 1 aliphatic heterocycles. The van der Waals surface area contributed by atoms with Gasteiger partial charge in [0.1, 0.15) is 5.15 Å². The number of hydrogen-bond acceptors (Lipinski definition) is 3. The van der Waals surface area contributed by atoms with Crippen LogP contribution in [0.2, 0.25) is 5.15 Å². The molecule has 0 radical (unpaired) electrons. The first-order chi connectivity index (χ1) is 8.70. The number of aryl methyl sites for hydroxylation is 1. The van der Waals surface area contributed by atoms with Gasteiger partial charge < -0.3 is 9.64 Å². The molecule has 5 heteroatoms. The Balaban J connectivity index is 2.18. The first-order valence-corrected chi connectivity index (χ1v) is 6.62. The molecule has 18 heavy (non-hydrogen) atoms. The highest BCUT2D eigenvalue weighted by molar-refractivity contribution is 6.29. The monoisotopic (exact) mass is 268 g/mol. The smallest absolute Gasteiger partial charge is 0.254 e. The van der Waals surface area contributed by atoms with E-state index in [0.717, 1.165) is 31.7 Å². The zero-order chi connectivity index (χ0) is 13.0. The van der Waals surface area contributed by atoms with Gasteiger partial charge in [-0.05, 0) is 25.0 Å². The molecule has 0 spiro atoms. The molecule has 1 aliphatic rings. The van der Waals surface area contributed by atoms with E-state index in [1.807, 2.05) is 17.9 Å². The molecule has 1 amide bonds. The first kappa shape index (κ1) is 13.3. The molecule has 1 fully saturated rings. The van der Waals surface area contributed by atoms with Crippen LogP contribution in [0.5, 0.6) is 0 Å². The Morgan fingerprint density at radius 1 is 1.44 bits per heavy atom. The van der Waals surface area contributed by atoms with E-state index in [2.05, 4.69) is 4.98 Å². The zero-order valence-corrected chi connectivity index (χ0v) is 11.2. The standard InChI is InChI=1S/C13H17ClN2O2/c1-2-11-8-10(9-12(14)15-11)13(17)16-4-3-6-18-7-5-16/h8-9H,2-7H2,1H3. The van der Waals surface area contributed by atoms with Crippen molar-refractivity contribution in [3.05, 3.63) is 28.5 Å². The fourth-order valence-corrected chi connectivity index (χ4v) is 2.21. The number of carbonyl (C=O) groups is 1. The van der Waals surface area contributed by atoms with Crippen LogP contribution in [0.4, 0.5) is 0 Å². The van der Waals surface area contributed by atoms with E-state index in [0.29, 0.717) is 23.9 Å². The Labute approximate surface area is 112 Å². The number of ether oxygens (including phenoxy) is 1. The van der Waals surface area contributed by atoms with Crippen molar-refractivity contribution < 1.29 is 9.53 Å². The van der Waals surface area contributed by atoms with Gasteiger partial charge in [-0.3, -0.25) is 4.79 Å². The maximum atomic E-state index is 12.4. The molecule has 4 nitrogen and oxygen atoms in total. The Hall–Kier alpha value is -1.13. The largest absolute Gasteiger partial charge is 0.380 e. The van der Waals surface area contributed by atoms with Crippen molar-refractivity contribution in [1.82, 2.24) is 9.88 Å². The van der Waals surface area contributed by atoms with Gasteiger partial charge in [-0.25, -0.2) is 4.98 Å². The summed E-state index contributed by atoms with van der Waals surface area (Å²) in [6.45, 7) is 4.69. The number of nitrogens with zero attached hydrogens (tertiary/aromatic N) is 2. The third-order valence-corrected chi connectivity index (χ3v) is 3.16. The lowest BCUT2D eigenvalue weighted by Crippen LogP contribution is -2.33. The fraction of sp³-hybridized carbons (Fsp3) is 0.538. The maximum Gasteiger partial charge on any atom is 0.254 e. The van der Waals surface area contributed by atoms with Crippen molar-refractivity contribution in [3.63, 3.8) is 0 Å². The van der Waals surface area contributed by atoms with Crippen molar-refractivity contribution in [2.24, 2.45) is 0 Å². The van der Waals surface area contributed by atoms with Gasteiger partial charge in [0.05, 0.1) is 6.61 Å². The van der Waals surface area contributed by atoms with Gasteiger partial charge in [-0.15, -0.1) is 0 Å². The summed E-state index contributed by atoms with van der Waals surface area (Å²) in [7, 11) is 0. The van der Waals surface area contributed by atoms with Crippen molar-refractivity contribution in [2.45, 2.75) is 19.8 Å². The number of pyridine rings is 1. The Bertz CT molecular complexity index is 429. The van der Waals surface area contributed by atoms with Crippen LogP contribution >= 0.6 is 11.6 Å². The second-order valence-corrected chi connectivity index (χ2v) is 4.67. The fourth-order valence-electron chi connectivity index (χ4n) is 1.99. The molecule has 0 aromatic carbocycles. The lowest BCUT2D eigenvalue weighted by atomic mass is 10.1. The molecular weight excluding hydrogens is 252 g/mol. The van der Waals surface area contributed by atoms with Crippen LogP contribution in [0.15, 0.2) is 12.1 Å². The Morgan fingerprint density at radius 2 is 2.28 bits per heavy atom. The number of halogens is 1. The van der Waals surface area contributed by atoms with Crippen LogP contribution in [-0.2, 0) is 11.2 Å². The molecular formula is C13H17ClN2O2. The molecule has 0 unspecified atom stereocenters. The van der Waals surface area contributed by atoms with E-state index in [-0.39, 0.29) is 5.91 Å². The third kappa shape index (κ3) is 3.21. The third-order valence-electron chi connectivity index (χ3n) is 2.97. The predicted octanol–water partition coefficient (Wildman–Crippen LogP) is 2.16. The van der Waals surface area contributed by atoms with Crippen LogP contribution in [-0.4, -0.2) is 42.1 Å². The SMILES string of the molecule is CCc1cc(C(=O)N2CCCOCC2)cc(Cl)n1. The summed E-state index contributed by atoms with van der Waals surface area (Å²) in [4.78, 5) is 18.3. The number of aromatic nitrogens is 1. The minimum absolute atomic E-state index is 0.0134. The number of carbonyl (C=O) groups excluding carboxylic acids is 1. The van der Waals surface area contributed by atoms with E-state index in [4.69, 9.17) is 16.3 Å². The minimum Gasteiger partial charge on any atom is -0.380 e. The van der Waals surface area contributed by atoms with E-state index in [1.54, 1.807) is 6.07 Å². The highest BCUT2D eigenvalue weighted by Gasteiger charge is 2.18. The average molecular weight is 269 g/mol. The highest BCUT2D eigenvalue weighted by atomic mass is 35.5. The van der Waals surface area contributed by atoms with Gasteiger partial charge in [0.2, 0.25) is 0 Å². The number of hydrogen-bond donors (Lipinski definition) is 0. The normalized spacial score (nSPS) is 16.4. The van der Waals surface area contributed by atoms with Crippen molar-refractivity contribution >= 4 is 17.5 Å². The first-order valence-electron chi connectivity index (χ1n) is 6.24. The van der Waals surface area contributed by atoms with Gasteiger partial charge in [0, 0.05) is 31.0 Å². The molecule has 0 aliphatic carbocycles. The molecule has 2 heterocycles. The molecule has 0 saturated carbocycles. The van der Waals surface area contributed by atoms with Crippen LogP contribution in [0.25, 0.3) is 0 Å². The molecule has 1 aromatic rings. The summed E-state index contributed by atoms with van der Waals surface area (Å²) < 4.78 is 5.35. The van der Waals surface area contributed by atoms with Gasteiger partial charge in [-0.1, -0.05) is 18.5 Å². The van der Waals surface area contributed by atoms with Gasteiger partial charge in [-0.2, -0.15) is 0 Å². The van der Waals surface area contributed by atoms with Crippen LogP contribution in [0.3, 0.4) is 0 Å². The van der Waals surface area contributed by atoms with Crippen LogP contribution in [0.1, 0.15) is 29.4 Å². The van der Waals surface area contributed by atoms with Crippen molar-refractivity contribution in [2.75, 3.05) is 26.3 Å². The van der Waals surface area contributed by atoms with Gasteiger partial charge in [0.25, 0.3) is 5.91 Å². The van der Waals surface area contributed by atoms with Crippen molar-refractivity contribution in [1.29, 1.82) is 0 Å². The molecule has 2 rings (SSSR count). The van der Waals surface area contributed by atoms with Gasteiger partial charge >= 0.3 is 0 Å². The van der Waals surface area contributed by atoms with Crippen LogP contribution < -0.4 is 0 Å². The van der Waals surface area contributed by atoms with Gasteiger partial charge in [0.15, 0.2) is 0 Å². The predicted molar refractivity (Wildman–Crippen MR) is 70.0 cm³/mol. The molecule has 0 atom stereocenters. The van der Waals surface area contributed by atoms with E-state index in [1.165, 1.54) is 0 Å². The topological polar surface area (TPSA) is 42.4 Å². The minimum atomic E-state index is 0.0134. The van der Waals surface area contributed by atoms with Crippen molar-refractivity contribution in [3.8, 4) is 0 Å². The highest BCUT2D eigenvalue weighted by Crippen LogP contribution is 2.14. The number of amides is 1. The summed E-state index contributed by atoms with van der Waals surface area (Å²) in [6, 6.07) is 3.45. The maximum absolute atomic E-state index is 12.4. The quantitative estimate of drug-likeness (QED) is 0.772. The summed E-state index contributed by atoms with van der Waals surface area (Å²) in [6.07, 6.45) is 1.65. The zero-order valence-electron chi connectivity index (χ0n) is 10.5.